The van der Waals surface area contributed by atoms with Crippen LogP contribution in [0, 0.1) is 5.92 Å². The van der Waals surface area contributed by atoms with Gasteiger partial charge in [0.25, 0.3) is 0 Å². The maximum Gasteiger partial charge on any atom is 0.240 e. The lowest BCUT2D eigenvalue weighted by molar-refractivity contribution is -0.140. The van der Waals surface area contributed by atoms with E-state index in [1.165, 1.54) is 0 Å². The zero-order valence-corrected chi connectivity index (χ0v) is 16.9. The van der Waals surface area contributed by atoms with Crippen LogP contribution in [-0.4, -0.2) is 73.1 Å². The van der Waals surface area contributed by atoms with E-state index in [4.69, 9.17) is 4.74 Å². The lowest BCUT2D eigenvalue weighted by Crippen LogP contribution is -2.54. The second kappa shape index (κ2) is 10.8. The van der Waals surface area contributed by atoms with Gasteiger partial charge in [0.1, 0.15) is 0 Å². The number of rotatable bonds is 9. The minimum Gasteiger partial charge on any atom is -0.385 e. The summed E-state index contributed by atoms with van der Waals surface area (Å²) in [7, 11) is 1.67. The number of piperidine rings is 1. The Morgan fingerprint density at radius 1 is 1.12 bits per heavy atom. The monoisotopic (exact) mass is 355 g/mol. The van der Waals surface area contributed by atoms with Gasteiger partial charge in [-0.05, 0) is 67.0 Å². The summed E-state index contributed by atoms with van der Waals surface area (Å²) in [5.41, 5.74) is 0. The molecule has 1 unspecified atom stereocenters. The number of amides is 2. The van der Waals surface area contributed by atoms with E-state index in [1.54, 1.807) is 7.11 Å². The van der Waals surface area contributed by atoms with Crippen molar-refractivity contribution < 1.29 is 14.3 Å². The lowest BCUT2D eigenvalue weighted by Gasteiger charge is -2.39. The van der Waals surface area contributed by atoms with Gasteiger partial charge < -0.3 is 15.0 Å². The summed E-state index contributed by atoms with van der Waals surface area (Å²) in [5, 5.41) is 2.99. The van der Waals surface area contributed by atoms with E-state index >= 15 is 0 Å². The first-order valence-electron chi connectivity index (χ1n) is 9.62. The number of carbonyl (C=O) groups is 2. The Labute approximate surface area is 153 Å². The SMILES string of the molecule is COCCCNC(=O)C1CCN(C(C)C(=O)N(C(C)C)C(C)C)CC1. The van der Waals surface area contributed by atoms with Gasteiger partial charge in [-0.15, -0.1) is 0 Å². The number of nitrogens with zero attached hydrogens (tertiary/aromatic N) is 2. The predicted molar refractivity (Wildman–Crippen MR) is 100 cm³/mol. The van der Waals surface area contributed by atoms with Crippen LogP contribution in [0.1, 0.15) is 53.9 Å². The van der Waals surface area contributed by atoms with Crippen LogP contribution >= 0.6 is 0 Å². The molecule has 0 aromatic rings. The third-order valence-electron chi connectivity index (χ3n) is 5.00. The summed E-state index contributed by atoms with van der Waals surface area (Å²) in [6, 6.07) is 0.270. The molecule has 1 aliphatic heterocycles. The quantitative estimate of drug-likeness (QED) is 0.642. The average Bonchev–Trinajstić information content (AvgIpc) is 2.57. The van der Waals surface area contributed by atoms with Gasteiger partial charge in [-0.2, -0.15) is 0 Å². The molecular formula is C19H37N3O3. The minimum atomic E-state index is -0.129. The highest BCUT2D eigenvalue weighted by Gasteiger charge is 2.32. The van der Waals surface area contributed by atoms with Crippen molar-refractivity contribution in [3.8, 4) is 0 Å². The Bertz CT molecular complexity index is 410. The molecule has 1 atom stereocenters. The van der Waals surface area contributed by atoms with E-state index in [0.29, 0.717) is 13.2 Å². The normalized spacial score (nSPS) is 17.8. The molecule has 0 bridgehead atoms. The maximum absolute atomic E-state index is 12.8. The van der Waals surface area contributed by atoms with E-state index in [0.717, 1.165) is 32.4 Å². The van der Waals surface area contributed by atoms with Gasteiger partial charge in [-0.25, -0.2) is 0 Å². The Hall–Kier alpha value is -1.14. The standard InChI is InChI=1S/C19H37N3O3/c1-14(2)22(15(3)4)19(24)16(5)21-11-8-17(9-12-21)18(23)20-10-7-13-25-6/h14-17H,7-13H2,1-6H3,(H,20,23). The second-order valence-corrected chi connectivity index (χ2v) is 7.56. The van der Waals surface area contributed by atoms with Gasteiger partial charge in [0, 0.05) is 38.3 Å². The minimum absolute atomic E-state index is 0.0624. The number of hydrogen-bond donors (Lipinski definition) is 1. The predicted octanol–water partition coefficient (Wildman–Crippen LogP) is 1.89. The first-order chi connectivity index (χ1) is 11.8. The Kier molecular flexibility index (Phi) is 9.43. The zero-order chi connectivity index (χ0) is 19.0. The molecular weight excluding hydrogens is 318 g/mol. The zero-order valence-electron chi connectivity index (χ0n) is 16.9. The third-order valence-corrected chi connectivity index (χ3v) is 5.00. The molecule has 0 saturated carbocycles. The van der Waals surface area contributed by atoms with Crippen LogP contribution in [0.25, 0.3) is 0 Å². The molecule has 1 N–H and O–H groups in total. The van der Waals surface area contributed by atoms with Crippen LogP contribution in [0.5, 0.6) is 0 Å². The number of nitrogens with one attached hydrogen (secondary N) is 1. The molecule has 0 spiro atoms. The van der Waals surface area contributed by atoms with Gasteiger partial charge in [0.2, 0.25) is 11.8 Å². The van der Waals surface area contributed by atoms with E-state index in [1.807, 2.05) is 11.8 Å². The number of carbonyl (C=O) groups excluding carboxylic acids is 2. The summed E-state index contributed by atoms with van der Waals surface area (Å²) in [6.45, 7) is 13.2. The maximum atomic E-state index is 12.8. The van der Waals surface area contributed by atoms with Gasteiger partial charge in [-0.3, -0.25) is 14.5 Å². The number of methoxy groups -OCH3 is 1. The second-order valence-electron chi connectivity index (χ2n) is 7.56. The van der Waals surface area contributed by atoms with Crippen LogP contribution in [0.3, 0.4) is 0 Å². The van der Waals surface area contributed by atoms with Gasteiger partial charge in [0.15, 0.2) is 0 Å². The summed E-state index contributed by atoms with van der Waals surface area (Å²) in [4.78, 5) is 29.2. The Morgan fingerprint density at radius 2 is 1.68 bits per heavy atom. The largest absolute Gasteiger partial charge is 0.385 e. The molecule has 0 aromatic heterocycles. The number of likely N-dealkylation sites (tertiary alicyclic amines) is 1. The first-order valence-corrected chi connectivity index (χ1v) is 9.62. The van der Waals surface area contributed by atoms with Crippen molar-refractivity contribution in [1.82, 2.24) is 15.1 Å². The summed E-state index contributed by atoms with van der Waals surface area (Å²) in [5.74, 6) is 0.389. The van der Waals surface area contributed by atoms with Crippen molar-refractivity contribution in [2.24, 2.45) is 5.92 Å². The van der Waals surface area contributed by atoms with Crippen molar-refractivity contribution in [2.45, 2.75) is 72.0 Å². The molecule has 6 heteroatoms. The van der Waals surface area contributed by atoms with Crippen LogP contribution in [0.4, 0.5) is 0 Å². The van der Waals surface area contributed by atoms with Crippen molar-refractivity contribution in [3.63, 3.8) is 0 Å². The molecule has 2 amide bonds. The van der Waals surface area contributed by atoms with Crippen LogP contribution in [-0.2, 0) is 14.3 Å². The average molecular weight is 356 g/mol. The fourth-order valence-electron chi connectivity index (χ4n) is 3.60. The molecule has 1 heterocycles. The fourth-order valence-corrected chi connectivity index (χ4v) is 3.60. The summed E-state index contributed by atoms with van der Waals surface area (Å²) in [6.07, 6.45) is 2.47. The molecule has 1 rings (SSSR count). The van der Waals surface area contributed by atoms with Gasteiger partial charge >= 0.3 is 0 Å². The fraction of sp³-hybridized carbons (Fsp3) is 0.895. The molecule has 0 aromatic carbocycles. The van der Waals surface area contributed by atoms with E-state index in [2.05, 4.69) is 37.9 Å². The van der Waals surface area contributed by atoms with E-state index in [9.17, 15) is 9.59 Å². The summed E-state index contributed by atoms with van der Waals surface area (Å²) < 4.78 is 4.99. The molecule has 6 nitrogen and oxygen atoms in total. The van der Waals surface area contributed by atoms with Gasteiger partial charge in [-0.1, -0.05) is 0 Å². The van der Waals surface area contributed by atoms with E-state index < -0.39 is 0 Å². The molecule has 146 valence electrons. The van der Waals surface area contributed by atoms with Crippen molar-refractivity contribution >= 4 is 11.8 Å². The highest BCUT2D eigenvalue weighted by Crippen LogP contribution is 2.21. The number of hydrogen-bond acceptors (Lipinski definition) is 4. The molecule has 1 fully saturated rings. The van der Waals surface area contributed by atoms with Crippen molar-refractivity contribution in [3.05, 3.63) is 0 Å². The third kappa shape index (κ3) is 6.59. The first kappa shape index (κ1) is 21.9. The number of ether oxygens (including phenoxy) is 1. The summed E-state index contributed by atoms with van der Waals surface area (Å²) >= 11 is 0. The van der Waals surface area contributed by atoms with Crippen LogP contribution in [0.2, 0.25) is 0 Å². The Balaban J connectivity index is 2.47. The topological polar surface area (TPSA) is 61.9 Å². The van der Waals surface area contributed by atoms with Crippen molar-refractivity contribution in [1.29, 1.82) is 0 Å². The highest BCUT2D eigenvalue weighted by molar-refractivity contribution is 5.82. The van der Waals surface area contributed by atoms with Crippen LogP contribution < -0.4 is 5.32 Å². The molecule has 1 aliphatic rings. The smallest absolute Gasteiger partial charge is 0.240 e. The molecule has 25 heavy (non-hydrogen) atoms. The molecule has 0 radical (unpaired) electrons. The van der Waals surface area contributed by atoms with Crippen molar-refractivity contribution in [2.75, 3.05) is 33.4 Å². The van der Waals surface area contributed by atoms with Crippen LogP contribution in [0.15, 0.2) is 0 Å². The molecule has 1 saturated heterocycles. The van der Waals surface area contributed by atoms with E-state index in [-0.39, 0.29) is 35.9 Å². The lowest BCUT2D eigenvalue weighted by atomic mass is 9.94. The highest BCUT2D eigenvalue weighted by atomic mass is 16.5. The van der Waals surface area contributed by atoms with Gasteiger partial charge in [0.05, 0.1) is 6.04 Å². The Morgan fingerprint density at radius 3 is 2.16 bits per heavy atom. The molecule has 0 aliphatic carbocycles.